The normalized spacial score (nSPS) is 17.6. The maximum Gasteiger partial charge on any atom is 0.414 e. The van der Waals surface area contributed by atoms with Gasteiger partial charge in [0.05, 0.1) is 24.2 Å². The maximum atomic E-state index is 12.4. The number of carbonyl (C=O) groups is 3. The summed E-state index contributed by atoms with van der Waals surface area (Å²) in [5, 5.41) is 14.8. The van der Waals surface area contributed by atoms with Crippen LogP contribution in [0.4, 0.5) is 16.2 Å². The molecule has 0 saturated carbocycles. The van der Waals surface area contributed by atoms with E-state index in [-0.39, 0.29) is 26.3 Å². The van der Waals surface area contributed by atoms with Crippen molar-refractivity contribution in [2.24, 2.45) is 16.3 Å². The number of nitrogens with zero attached hydrogens (tertiary/aromatic N) is 4. The van der Waals surface area contributed by atoms with Crippen molar-refractivity contribution in [1.82, 2.24) is 4.90 Å². The minimum absolute atomic E-state index is 0. The van der Waals surface area contributed by atoms with Crippen LogP contribution in [0.5, 0.6) is 0 Å². The molecule has 2 aromatic rings. The molecule has 0 aliphatic carbocycles. The van der Waals surface area contributed by atoms with Gasteiger partial charge in [-0.15, -0.1) is 0 Å². The van der Waals surface area contributed by atoms with Gasteiger partial charge in [0.1, 0.15) is 6.10 Å². The van der Waals surface area contributed by atoms with Gasteiger partial charge >= 0.3 is 6.09 Å². The van der Waals surface area contributed by atoms with Crippen LogP contribution in [0.3, 0.4) is 0 Å². The summed E-state index contributed by atoms with van der Waals surface area (Å²) in [7, 11) is 1.82. The van der Waals surface area contributed by atoms with Gasteiger partial charge in [0, 0.05) is 25.1 Å². The van der Waals surface area contributed by atoms with E-state index in [0.717, 1.165) is 10.6 Å². The Kier molecular flexibility index (Phi) is 6.11. The molecule has 2 aromatic carbocycles. The van der Waals surface area contributed by atoms with Crippen LogP contribution in [0.1, 0.15) is 22.1 Å². The summed E-state index contributed by atoms with van der Waals surface area (Å²) in [5.41, 5.74) is 2.42. The minimum Gasteiger partial charge on any atom is -0.442 e. The van der Waals surface area contributed by atoms with Crippen molar-refractivity contribution in [3.63, 3.8) is 0 Å². The van der Waals surface area contributed by atoms with E-state index < -0.39 is 12.2 Å². The van der Waals surface area contributed by atoms with E-state index in [4.69, 9.17) is 9.94 Å². The van der Waals surface area contributed by atoms with E-state index in [1.807, 2.05) is 31.3 Å². The first-order valence-electron chi connectivity index (χ1n) is 8.95. The van der Waals surface area contributed by atoms with Crippen LogP contribution in [0, 0.1) is 0 Å². The van der Waals surface area contributed by atoms with Crippen molar-refractivity contribution in [2.45, 2.75) is 6.10 Å². The minimum atomic E-state index is -0.561. The summed E-state index contributed by atoms with van der Waals surface area (Å²) in [5.74, 6) is 3.54. The third-order valence-corrected chi connectivity index (χ3v) is 4.66. The van der Waals surface area contributed by atoms with Crippen molar-refractivity contribution in [3.8, 4) is 0 Å². The van der Waals surface area contributed by atoms with Crippen LogP contribution in [-0.4, -0.2) is 54.3 Å². The lowest BCUT2D eigenvalue weighted by atomic mass is 10.1. The van der Waals surface area contributed by atoms with Gasteiger partial charge in [0.15, 0.2) is 0 Å². The molecule has 2 aliphatic heterocycles. The lowest BCUT2D eigenvalue weighted by Gasteiger charge is -2.17. The fourth-order valence-corrected chi connectivity index (χ4v) is 3.24. The molecule has 1 fully saturated rings. The van der Waals surface area contributed by atoms with Gasteiger partial charge in [0.2, 0.25) is 0 Å². The standard InChI is InChI=1S/C19H17N3O4.H3N3O.H2/c1-20-12-6-8-13(9-7-12)21-10-14(26-19(21)25)11-22-17(23)15-4-2-3-5-16(15)18(22)24;1-2-3-4;/h2-9,14,20H,10-11H2,1H3;(H2,1,3)(H,2,4);1H/t14-;;/m1../s1. The lowest BCUT2D eigenvalue weighted by molar-refractivity contribution is 0.0558. The number of nitrogens with one attached hydrogen (secondary N) is 1. The first-order valence-corrected chi connectivity index (χ1v) is 8.95. The third kappa shape index (κ3) is 3.99. The highest BCUT2D eigenvalue weighted by Gasteiger charge is 2.40. The topological polar surface area (TPSA) is 150 Å². The number of rotatable bonds is 4. The number of benzene rings is 2. The van der Waals surface area contributed by atoms with E-state index >= 15 is 0 Å². The van der Waals surface area contributed by atoms with Gasteiger partial charge in [-0.25, -0.2) is 4.79 Å². The molecular formula is C19H22N6O5. The molecule has 0 bridgehead atoms. The van der Waals surface area contributed by atoms with Crippen LogP contribution in [0.25, 0.3) is 0 Å². The molecule has 0 unspecified atom stereocenters. The SMILES string of the molecule is CNc1ccc(N2C[C@H](CN3C(=O)c4ccccc4C3=O)OC2=O)cc1.NN=NO.[HH]. The number of cyclic esters (lactones) is 1. The van der Waals surface area contributed by atoms with E-state index in [2.05, 4.69) is 21.7 Å². The summed E-state index contributed by atoms with van der Waals surface area (Å²) >= 11 is 0. The summed E-state index contributed by atoms with van der Waals surface area (Å²) < 4.78 is 5.37. The highest BCUT2D eigenvalue weighted by atomic mass is 16.6. The number of ether oxygens (including phenoxy) is 1. The zero-order valence-corrected chi connectivity index (χ0v) is 16.1. The lowest BCUT2D eigenvalue weighted by Crippen LogP contribution is -2.38. The molecular weight excluding hydrogens is 392 g/mol. The Bertz CT molecular complexity index is 945. The molecule has 11 heteroatoms. The van der Waals surface area contributed by atoms with Crippen molar-refractivity contribution in [1.29, 1.82) is 0 Å². The van der Waals surface area contributed by atoms with Crippen LogP contribution < -0.4 is 16.1 Å². The van der Waals surface area contributed by atoms with Gasteiger partial charge in [-0.05, 0) is 41.6 Å². The van der Waals surface area contributed by atoms with Crippen molar-refractivity contribution in [2.75, 3.05) is 30.4 Å². The number of imide groups is 1. The highest BCUT2D eigenvalue weighted by Crippen LogP contribution is 2.27. The number of nitrogens with two attached hydrogens (primary N) is 1. The number of fused-ring (bicyclic) bond motifs is 1. The van der Waals surface area contributed by atoms with E-state index in [9.17, 15) is 14.4 Å². The second-order valence-corrected chi connectivity index (χ2v) is 6.38. The first-order chi connectivity index (χ1) is 14.5. The predicted molar refractivity (Wildman–Crippen MR) is 108 cm³/mol. The molecule has 4 N–H and O–H groups in total. The number of anilines is 2. The van der Waals surface area contributed by atoms with Crippen LogP contribution in [0.2, 0.25) is 0 Å². The molecule has 0 aromatic heterocycles. The smallest absolute Gasteiger partial charge is 0.414 e. The number of hydrogen-bond donors (Lipinski definition) is 3. The fraction of sp³-hybridized carbons (Fsp3) is 0.211. The summed E-state index contributed by atoms with van der Waals surface area (Å²) in [4.78, 5) is 39.7. The molecule has 2 heterocycles. The Hall–Kier alpha value is -4.15. The van der Waals surface area contributed by atoms with E-state index in [1.165, 1.54) is 4.90 Å². The Morgan fingerprint density at radius 1 is 1.13 bits per heavy atom. The van der Waals surface area contributed by atoms with Gasteiger partial charge < -0.3 is 21.1 Å². The Morgan fingerprint density at radius 2 is 1.70 bits per heavy atom. The zero-order chi connectivity index (χ0) is 21.7. The van der Waals surface area contributed by atoms with E-state index in [1.54, 1.807) is 24.3 Å². The molecule has 30 heavy (non-hydrogen) atoms. The first kappa shape index (κ1) is 20.6. The average molecular weight is 414 g/mol. The molecule has 2 aliphatic rings. The maximum absolute atomic E-state index is 12.4. The molecule has 1 saturated heterocycles. The number of hydrogen-bond acceptors (Lipinski definition) is 7. The average Bonchev–Trinajstić information content (AvgIpc) is 3.27. The van der Waals surface area contributed by atoms with Crippen molar-refractivity contribution in [3.05, 3.63) is 59.7 Å². The van der Waals surface area contributed by atoms with Crippen molar-refractivity contribution >= 4 is 29.3 Å². The van der Waals surface area contributed by atoms with Crippen LogP contribution >= 0.6 is 0 Å². The largest absolute Gasteiger partial charge is 0.442 e. The van der Waals surface area contributed by atoms with Crippen LogP contribution in [0.15, 0.2) is 59.0 Å². The third-order valence-electron chi connectivity index (χ3n) is 4.66. The van der Waals surface area contributed by atoms with Crippen LogP contribution in [-0.2, 0) is 4.74 Å². The second kappa shape index (κ2) is 8.90. The van der Waals surface area contributed by atoms with E-state index in [0.29, 0.717) is 16.8 Å². The second-order valence-electron chi connectivity index (χ2n) is 6.38. The summed E-state index contributed by atoms with van der Waals surface area (Å²) in [6.45, 7) is 0.328. The molecule has 11 nitrogen and oxygen atoms in total. The van der Waals surface area contributed by atoms with Gasteiger partial charge in [-0.2, -0.15) is 0 Å². The molecule has 158 valence electrons. The van der Waals surface area contributed by atoms with Gasteiger partial charge in [0.25, 0.3) is 11.8 Å². The number of carbonyl (C=O) groups excluding carboxylic acids is 3. The highest BCUT2D eigenvalue weighted by molar-refractivity contribution is 6.21. The Labute approximate surface area is 173 Å². The molecule has 0 radical (unpaired) electrons. The Balaban J connectivity index is 0.000000631. The van der Waals surface area contributed by atoms with Gasteiger partial charge in [-0.3, -0.25) is 19.4 Å². The summed E-state index contributed by atoms with van der Waals surface area (Å²) in [6.07, 6.45) is -1.04. The van der Waals surface area contributed by atoms with Gasteiger partial charge in [-0.1, -0.05) is 12.1 Å². The Morgan fingerprint density at radius 3 is 2.20 bits per heavy atom. The van der Waals surface area contributed by atoms with Crippen molar-refractivity contribution < 1.29 is 25.8 Å². The quantitative estimate of drug-likeness (QED) is 0.301. The molecule has 3 amide bonds. The molecule has 0 spiro atoms. The number of amides is 3. The zero-order valence-electron chi connectivity index (χ0n) is 16.1. The molecule has 4 rings (SSSR count). The summed E-state index contributed by atoms with van der Waals surface area (Å²) in [6, 6.07) is 14.1. The fourth-order valence-electron chi connectivity index (χ4n) is 3.24. The molecule has 1 atom stereocenters. The monoisotopic (exact) mass is 414 g/mol. The predicted octanol–water partition coefficient (Wildman–Crippen LogP) is 2.30.